The number of aliphatic imine (C=N–C) groups is 1. The van der Waals surface area contributed by atoms with Crippen molar-refractivity contribution >= 4 is 15.8 Å². The summed E-state index contributed by atoms with van der Waals surface area (Å²) in [7, 11) is -2.94. The van der Waals surface area contributed by atoms with Gasteiger partial charge in [-0.2, -0.15) is 0 Å². The van der Waals surface area contributed by atoms with Gasteiger partial charge in [0.25, 0.3) is 0 Å². The summed E-state index contributed by atoms with van der Waals surface area (Å²) in [6.45, 7) is 7.95. The average Bonchev–Trinajstić information content (AvgIpc) is 2.54. The largest absolute Gasteiger partial charge is 0.494 e. The van der Waals surface area contributed by atoms with Crippen molar-refractivity contribution in [3.8, 4) is 5.75 Å². The molecule has 6 nitrogen and oxygen atoms in total. The highest BCUT2D eigenvalue weighted by Gasteiger charge is 2.09. The standard InChI is InChI=1S/C18H31N3O3S/c1-5-19-18(21-15(3)12-14-25(4,22)23)20-13-11-16-9-7-8-10-17(16)24-6-2/h7-10,15H,5-6,11-14H2,1-4H3,(H2,19,20,21). The van der Waals surface area contributed by atoms with Crippen molar-refractivity contribution in [2.24, 2.45) is 4.99 Å². The van der Waals surface area contributed by atoms with Gasteiger partial charge in [0.05, 0.1) is 12.4 Å². The molecule has 0 aliphatic carbocycles. The quantitative estimate of drug-likeness (QED) is 0.487. The molecule has 0 spiro atoms. The monoisotopic (exact) mass is 369 g/mol. The Balaban J connectivity index is 2.60. The molecule has 7 heteroatoms. The summed E-state index contributed by atoms with van der Waals surface area (Å²) in [6.07, 6.45) is 2.59. The van der Waals surface area contributed by atoms with Crippen molar-refractivity contribution in [3.05, 3.63) is 29.8 Å². The molecule has 0 saturated heterocycles. The number of guanidine groups is 1. The lowest BCUT2D eigenvalue weighted by Crippen LogP contribution is -2.43. The highest BCUT2D eigenvalue weighted by Crippen LogP contribution is 2.18. The zero-order chi connectivity index (χ0) is 18.7. The van der Waals surface area contributed by atoms with Crippen molar-refractivity contribution in [2.45, 2.75) is 39.7 Å². The lowest BCUT2D eigenvalue weighted by Gasteiger charge is -2.17. The number of ether oxygens (including phenoxy) is 1. The third kappa shape index (κ3) is 9.34. The molecule has 1 unspecified atom stereocenters. The molecule has 0 aromatic heterocycles. The maximum Gasteiger partial charge on any atom is 0.191 e. The number of hydrogen-bond acceptors (Lipinski definition) is 4. The van der Waals surface area contributed by atoms with Gasteiger partial charge in [0.15, 0.2) is 5.96 Å². The molecule has 0 heterocycles. The Bertz CT molecular complexity index is 645. The molecule has 0 amide bonds. The second-order valence-corrected chi connectivity index (χ2v) is 8.28. The van der Waals surface area contributed by atoms with Gasteiger partial charge in [-0.1, -0.05) is 18.2 Å². The summed E-state index contributed by atoms with van der Waals surface area (Å²) in [5.74, 6) is 1.78. The fraction of sp³-hybridized carbons (Fsp3) is 0.611. The lowest BCUT2D eigenvalue weighted by atomic mass is 10.1. The van der Waals surface area contributed by atoms with E-state index in [1.165, 1.54) is 6.26 Å². The summed E-state index contributed by atoms with van der Waals surface area (Å²) in [6, 6.07) is 8.02. The molecule has 2 N–H and O–H groups in total. The predicted molar refractivity (Wildman–Crippen MR) is 104 cm³/mol. The zero-order valence-electron chi connectivity index (χ0n) is 15.7. The average molecular weight is 370 g/mol. The number of rotatable bonds is 10. The number of sulfone groups is 1. The maximum atomic E-state index is 11.3. The molecule has 0 fully saturated rings. The van der Waals surface area contributed by atoms with Crippen molar-refractivity contribution in [1.29, 1.82) is 0 Å². The second-order valence-electron chi connectivity index (χ2n) is 6.02. The van der Waals surface area contributed by atoms with Gasteiger partial charge in [-0.15, -0.1) is 0 Å². The molecular weight excluding hydrogens is 338 g/mol. The van der Waals surface area contributed by atoms with E-state index in [4.69, 9.17) is 4.74 Å². The van der Waals surface area contributed by atoms with Crippen LogP contribution in [0.2, 0.25) is 0 Å². The second kappa shape index (κ2) is 11.0. The SMILES string of the molecule is CCNC(=NCCc1ccccc1OCC)NC(C)CCS(C)(=O)=O. The number of nitrogens with zero attached hydrogens (tertiary/aromatic N) is 1. The van der Waals surface area contributed by atoms with E-state index in [1.54, 1.807) is 0 Å². The van der Waals surface area contributed by atoms with Crippen LogP contribution in [0.25, 0.3) is 0 Å². The van der Waals surface area contributed by atoms with E-state index >= 15 is 0 Å². The fourth-order valence-electron chi connectivity index (χ4n) is 2.31. The number of hydrogen-bond donors (Lipinski definition) is 2. The van der Waals surface area contributed by atoms with Gasteiger partial charge < -0.3 is 15.4 Å². The Morgan fingerprint density at radius 1 is 1.28 bits per heavy atom. The topological polar surface area (TPSA) is 79.8 Å². The van der Waals surface area contributed by atoms with Crippen LogP contribution in [0.3, 0.4) is 0 Å². The molecule has 0 radical (unpaired) electrons. The van der Waals surface area contributed by atoms with Crippen molar-refractivity contribution in [1.82, 2.24) is 10.6 Å². The van der Waals surface area contributed by atoms with Crippen LogP contribution in [0.5, 0.6) is 5.75 Å². The van der Waals surface area contributed by atoms with Gasteiger partial charge in [-0.3, -0.25) is 4.99 Å². The molecule has 25 heavy (non-hydrogen) atoms. The van der Waals surface area contributed by atoms with Gasteiger partial charge in [-0.05, 0) is 45.2 Å². The van der Waals surface area contributed by atoms with Crippen LogP contribution in [-0.2, 0) is 16.3 Å². The summed E-state index contributed by atoms with van der Waals surface area (Å²) in [5, 5.41) is 6.45. The van der Waals surface area contributed by atoms with Gasteiger partial charge in [0.2, 0.25) is 0 Å². The van der Waals surface area contributed by atoms with E-state index in [0.29, 0.717) is 25.5 Å². The summed E-state index contributed by atoms with van der Waals surface area (Å²) >= 11 is 0. The van der Waals surface area contributed by atoms with E-state index in [-0.39, 0.29) is 11.8 Å². The van der Waals surface area contributed by atoms with Gasteiger partial charge >= 0.3 is 0 Å². The molecule has 0 aliphatic heterocycles. The maximum absolute atomic E-state index is 11.3. The molecule has 0 saturated carbocycles. The Morgan fingerprint density at radius 3 is 2.64 bits per heavy atom. The first kappa shape index (κ1) is 21.3. The molecule has 1 aromatic rings. The number of benzene rings is 1. The van der Waals surface area contributed by atoms with E-state index in [0.717, 1.165) is 24.3 Å². The van der Waals surface area contributed by atoms with Crippen LogP contribution >= 0.6 is 0 Å². The fourth-order valence-corrected chi connectivity index (χ4v) is 3.09. The molecular formula is C18H31N3O3S. The normalized spacial score (nSPS) is 13.4. The smallest absolute Gasteiger partial charge is 0.191 e. The molecule has 1 aromatic carbocycles. The third-order valence-electron chi connectivity index (χ3n) is 3.57. The minimum Gasteiger partial charge on any atom is -0.494 e. The van der Waals surface area contributed by atoms with Crippen molar-refractivity contribution in [3.63, 3.8) is 0 Å². The Kier molecular flexibility index (Phi) is 9.34. The van der Waals surface area contributed by atoms with E-state index < -0.39 is 9.84 Å². The van der Waals surface area contributed by atoms with Crippen LogP contribution in [-0.4, -0.2) is 52.1 Å². The van der Waals surface area contributed by atoms with E-state index in [2.05, 4.69) is 21.7 Å². The first-order valence-corrected chi connectivity index (χ1v) is 10.8. The lowest BCUT2D eigenvalue weighted by molar-refractivity contribution is 0.336. The van der Waals surface area contributed by atoms with E-state index in [9.17, 15) is 8.42 Å². The van der Waals surface area contributed by atoms with Crippen LogP contribution in [0.1, 0.15) is 32.8 Å². The predicted octanol–water partition coefficient (Wildman–Crippen LogP) is 2.01. The number of nitrogens with one attached hydrogen (secondary N) is 2. The zero-order valence-corrected chi connectivity index (χ0v) is 16.5. The molecule has 0 bridgehead atoms. The van der Waals surface area contributed by atoms with Gasteiger partial charge in [-0.25, -0.2) is 8.42 Å². The summed E-state index contributed by atoms with van der Waals surface area (Å²) < 4.78 is 28.2. The first-order valence-electron chi connectivity index (χ1n) is 8.79. The Morgan fingerprint density at radius 2 is 2.00 bits per heavy atom. The minimum absolute atomic E-state index is 0.0308. The molecule has 1 rings (SSSR count). The molecule has 1 atom stereocenters. The van der Waals surface area contributed by atoms with Crippen LogP contribution in [0.15, 0.2) is 29.3 Å². The van der Waals surface area contributed by atoms with Crippen LogP contribution in [0.4, 0.5) is 0 Å². The number of para-hydroxylation sites is 1. The highest BCUT2D eigenvalue weighted by molar-refractivity contribution is 7.90. The Labute approximate surface area is 152 Å². The third-order valence-corrected chi connectivity index (χ3v) is 4.55. The van der Waals surface area contributed by atoms with Crippen LogP contribution in [0, 0.1) is 0 Å². The van der Waals surface area contributed by atoms with Crippen molar-refractivity contribution < 1.29 is 13.2 Å². The summed E-state index contributed by atoms with van der Waals surface area (Å²) in [4.78, 5) is 4.58. The minimum atomic E-state index is -2.94. The first-order chi connectivity index (χ1) is 11.9. The molecule has 0 aliphatic rings. The van der Waals surface area contributed by atoms with Gasteiger partial charge in [0, 0.05) is 25.4 Å². The Hall–Kier alpha value is -1.76. The highest BCUT2D eigenvalue weighted by atomic mass is 32.2. The van der Waals surface area contributed by atoms with E-state index in [1.807, 2.05) is 39.0 Å². The molecule has 142 valence electrons. The van der Waals surface area contributed by atoms with Crippen LogP contribution < -0.4 is 15.4 Å². The summed E-state index contributed by atoms with van der Waals surface area (Å²) in [5.41, 5.74) is 1.13. The van der Waals surface area contributed by atoms with Gasteiger partial charge in [0.1, 0.15) is 15.6 Å². The van der Waals surface area contributed by atoms with Crippen molar-refractivity contribution in [2.75, 3.05) is 31.7 Å².